The second kappa shape index (κ2) is 4.09. The average molecular weight is 245 g/mol. The predicted octanol–water partition coefficient (Wildman–Crippen LogP) is 3.07. The van der Waals surface area contributed by atoms with E-state index in [0.29, 0.717) is 16.6 Å². The third kappa shape index (κ3) is 1.99. The summed E-state index contributed by atoms with van der Waals surface area (Å²) in [6, 6.07) is 4.32. The molecule has 0 aliphatic rings. The van der Waals surface area contributed by atoms with E-state index in [9.17, 15) is 8.78 Å². The summed E-state index contributed by atoms with van der Waals surface area (Å²) < 4.78 is 28.3. The van der Waals surface area contributed by atoms with Crippen molar-refractivity contribution in [3.63, 3.8) is 0 Å². The number of hydrogen-bond donors (Lipinski definition) is 1. The van der Waals surface area contributed by atoms with Crippen LogP contribution in [-0.2, 0) is 0 Å². The molecule has 2 aromatic rings. The molecule has 1 aromatic heterocycles. The van der Waals surface area contributed by atoms with Crippen molar-refractivity contribution in [2.45, 2.75) is 6.61 Å². The number of aromatic nitrogens is 1. The summed E-state index contributed by atoms with van der Waals surface area (Å²) in [5.74, 6) is 0.0248. The lowest BCUT2D eigenvalue weighted by Crippen LogP contribution is -2.01. The first kappa shape index (κ1) is 10.9. The van der Waals surface area contributed by atoms with Crippen LogP contribution in [0, 0.1) is 0 Å². The lowest BCUT2D eigenvalue weighted by molar-refractivity contribution is -0.0497. The molecule has 6 heteroatoms. The van der Waals surface area contributed by atoms with Gasteiger partial charge in [0.25, 0.3) is 0 Å². The van der Waals surface area contributed by atoms with Gasteiger partial charge < -0.3 is 10.5 Å². The van der Waals surface area contributed by atoms with Gasteiger partial charge in [0.05, 0.1) is 22.4 Å². The predicted molar refractivity (Wildman–Crippen MR) is 57.8 cm³/mol. The van der Waals surface area contributed by atoms with Gasteiger partial charge in [0.1, 0.15) is 5.75 Å². The number of nitrogen functional groups attached to an aromatic ring is 1. The standard InChI is InChI=1S/C10H7ClF2N2O/c11-9-6-3-5(16-10(12)13)1-2-8(6)15-4-7(9)14/h1-4,10H,14H2. The maximum atomic E-state index is 12.0. The zero-order chi connectivity index (χ0) is 11.7. The van der Waals surface area contributed by atoms with Gasteiger partial charge in [-0.15, -0.1) is 0 Å². The molecular weight excluding hydrogens is 238 g/mol. The highest BCUT2D eigenvalue weighted by atomic mass is 35.5. The zero-order valence-electron chi connectivity index (χ0n) is 7.95. The van der Waals surface area contributed by atoms with Crippen LogP contribution in [0.25, 0.3) is 10.9 Å². The Balaban J connectivity index is 2.55. The van der Waals surface area contributed by atoms with E-state index < -0.39 is 6.61 Å². The summed E-state index contributed by atoms with van der Waals surface area (Å²) in [5, 5.41) is 0.768. The molecule has 16 heavy (non-hydrogen) atoms. The molecule has 1 heterocycles. The van der Waals surface area contributed by atoms with E-state index in [1.165, 1.54) is 18.3 Å². The fraction of sp³-hybridized carbons (Fsp3) is 0.100. The number of halogens is 3. The summed E-state index contributed by atoms with van der Waals surface area (Å²) in [6.07, 6.45) is 1.41. The van der Waals surface area contributed by atoms with E-state index in [1.807, 2.05) is 0 Å². The van der Waals surface area contributed by atoms with Crippen LogP contribution in [0.15, 0.2) is 24.4 Å². The van der Waals surface area contributed by atoms with Crippen LogP contribution in [0.1, 0.15) is 0 Å². The maximum absolute atomic E-state index is 12.0. The molecule has 0 radical (unpaired) electrons. The van der Waals surface area contributed by atoms with Gasteiger partial charge in [-0.1, -0.05) is 11.6 Å². The average Bonchev–Trinajstić information content (AvgIpc) is 2.23. The van der Waals surface area contributed by atoms with Crippen LogP contribution in [0.3, 0.4) is 0 Å². The van der Waals surface area contributed by atoms with Gasteiger partial charge in [-0.3, -0.25) is 4.98 Å². The number of anilines is 1. The maximum Gasteiger partial charge on any atom is 0.387 e. The van der Waals surface area contributed by atoms with Crippen LogP contribution in [0.4, 0.5) is 14.5 Å². The van der Waals surface area contributed by atoms with Gasteiger partial charge in [0.2, 0.25) is 0 Å². The van der Waals surface area contributed by atoms with Crippen LogP contribution in [0.5, 0.6) is 5.75 Å². The fourth-order valence-corrected chi connectivity index (χ4v) is 1.53. The van der Waals surface area contributed by atoms with Gasteiger partial charge in [0, 0.05) is 5.39 Å². The third-order valence-corrected chi connectivity index (χ3v) is 2.45. The zero-order valence-corrected chi connectivity index (χ0v) is 8.71. The molecule has 0 saturated carbocycles. The number of nitrogens with zero attached hydrogens (tertiary/aromatic N) is 1. The first-order chi connectivity index (χ1) is 7.58. The van der Waals surface area contributed by atoms with E-state index in [0.717, 1.165) is 0 Å². The molecule has 0 spiro atoms. The molecular formula is C10H7ClF2N2O. The van der Waals surface area contributed by atoms with E-state index in [2.05, 4.69) is 9.72 Å². The number of ether oxygens (including phenoxy) is 1. The Hall–Kier alpha value is -1.62. The Morgan fingerprint density at radius 1 is 1.38 bits per heavy atom. The number of alkyl halides is 2. The molecule has 1 aromatic carbocycles. The first-order valence-corrected chi connectivity index (χ1v) is 4.74. The number of rotatable bonds is 2. The molecule has 0 saturated heterocycles. The Morgan fingerprint density at radius 2 is 2.12 bits per heavy atom. The minimum absolute atomic E-state index is 0.0248. The summed E-state index contributed by atoms with van der Waals surface area (Å²) >= 11 is 5.93. The van der Waals surface area contributed by atoms with Crippen molar-refractivity contribution >= 4 is 28.2 Å². The monoisotopic (exact) mass is 244 g/mol. The summed E-state index contributed by atoms with van der Waals surface area (Å²) in [7, 11) is 0. The van der Waals surface area contributed by atoms with Crippen molar-refractivity contribution in [2.75, 3.05) is 5.73 Å². The number of hydrogen-bond acceptors (Lipinski definition) is 3. The minimum Gasteiger partial charge on any atom is -0.435 e. The van der Waals surface area contributed by atoms with Crippen molar-refractivity contribution in [2.24, 2.45) is 0 Å². The Kier molecular flexibility index (Phi) is 2.78. The first-order valence-electron chi connectivity index (χ1n) is 4.36. The second-order valence-corrected chi connectivity index (χ2v) is 3.46. The molecule has 2 rings (SSSR count). The van der Waals surface area contributed by atoms with Gasteiger partial charge in [-0.25, -0.2) is 0 Å². The molecule has 0 fully saturated rings. The SMILES string of the molecule is Nc1cnc2ccc(OC(F)F)cc2c1Cl. The van der Waals surface area contributed by atoms with Gasteiger partial charge in [-0.05, 0) is 18.2 Å². The minimum atomic E-state index is -2.87. The van der Waals surface area contributed by atoms with E-state index >= 15 is 0 Å². The smallest absolute Gasteiger partial charge is 0.387 e. The molecule has 0 unspecified atom stereocenters. The molecule has 2 N–H and O–H groups in total. The lowest BCUT2D eigenvalue weighted by atomic mass is 10.2. The summed E-state index contributed by atoms with van der Waals surface area (Å²) in [5.41, 5.74) is 6.42. The molecule has 0 amide bonds. The molecule has 3 nitrogen and oxygen atoms in total. The van der Waals surface area contributed by atoms with E-state index in [4.69, 9.17) is 17.3 Å². The molecule has 0 bridgehead atoms. The van der Waals surface area contributed by atoms with Gasteiger partial charge in [0.15, 0.2) is 0 Å². The van der Waals surface area contributed by atoms with Crippen LogP contribution >= 0.6 is 11.6 Å². The number of fused-ring (bicyclic) bond motifs is 1. The molecule has 0 aliphatic heterocycles. The van der Waals surface area contributed by atoms with Gasteiger partial charge in [-0.2, -0.15) is 8.78 Å². The van der Waals surface area contributed by atoms with Crippen LogP contribution < -0.4 is 10.5 Å². The van der Waals surface area contributed by atoms with E-state index in [1.54, 1.807) is 6.07 Å². The van der Waals surface area contributed by atoms with Crippen molar-refractivity contribution < 1.29 is 13.5 Å². The van der Waals surface area contributed by atoms with Crippen molar-refractivity contribution in [3.05, 3.63) is 29.4 Å². The van der Waals surface area contributed by atoms with Crippen molar-refractivity contribution in [1.82, 2.24) is 4.98 Å². The summed E-state index contributed by atoms with van der Waals surface area (Å²) in [4.78, 5) is 4.01. The second-order valence-electron chi connectivity index (χ2n) is 3.08. The molecule has 0 aliphatic carbocycles. The third-order valence-electron chi connectivity index (χ3n) is 2.03. The Bertz CT molecular complexity index is 533. The van der Waals surface area contributed by atoms with Crippen LogP contribution in [0.2, 0.25) is 5.02 Å². The topological polar surface area (TPSA) is 48.1 Å². The molecule has 0 atom stereocenters. The molecule has 84 valence electrons. The lowest BCUT2D eigenvalue weighted by Gasteiger charge is -2.07. The number of pyridine rings is 1. The van der Waals surface area contributed by atoms with Gasteiger partial charge >= 0.3 is 6.61 Å². The summed E-state index contributed by atoms with van der Waals surface area (Å²) in [6.45, 7) is -2.87. The largest absolute Gasteiger partial charge is 0.435 e. The van der Waals surface area contributed by atoms with E-state index in [-0.39, 0.29) is 10.8 Å². The fourth-order valence-electron chi connectivity index (χ4n) is 1.33. The number of benzene rings is 1. The highest BCUT2D eigenvalue weighted by Crippen LogP contribution is 2.30. The highest BCUT2D eigenvalue weighted by Gasteiger charge is 2.08. The Labute approximate surface area is 94.8 Å². The highest BCUT2D eigenvalue weighted by molar-refractivity contribution is 6.37. The Morgan fingerprint density at radius 3 is 2.81 bits per heavy atom. The van der Waals surface area contributed by atoms with Crippen molar-refractivity contribution in [3.8, 4) is 5.75 Å². The van der Waals surface area contributed by atoms with Crippen molar-refractivity contribution in [1.29, 1.82) is 0 Å². The quantitative estimate of drug-likeness (QED) is 0.883. The normalized spacial score (nSPS) is 11.0. The van der Waals surface area contributed by atoms with Crippen LogP contribution in [-0.4, -0.2) is 11.6 Å². The number of nitrogens with two attached hydrogens (primary N) is 1.